The fourth-order valence-corrected chi connectivity index (χ4v) is 1.37. The quantitative estimate of drug-likeness (QED) is 0.718. The summed E-state index contributed by atoms with van der Waals surface area (Å²) < 4.78 is 4.88. The number of nitrogen functional groups attached to an aromatic ring is 1. The molecule has 4 N–H and O–H groups in total. The Hall–Kier alpha value is -2.31. The third-order valence-corrected chi connectivity index (χ3v) is 2.32. The van der Waals surface area contributed by atoms with Gasteiger partial charge in [0.15, 0.2) is 5.69 Å². The van der Waals surface area contributed by atoms with E-state index in [1.807, 2.05) is 0 Å². The van der Waals surface area contributed by atoms with Crippen molar-refractivity contribution < 1.29 is 9.32 Å². The Balaban J connectivity index is 2.00. The zero-order valence-electron chi connectivity index (χ0n) is 9.57. The number of carbonyl (C=O) groups is 1. The number of hydrogen-bond donors (Lipinski definition) is 3. The van der Waals surface area contributed by atoms with E-state index in [0.717, 1.165) is 0 Å². The van der Waals surface area contributed by atoms with Crippen LogP contribution in [0.3, 0.4) is 0 Å². The maximum Gasteiger partial charge on any atom is 0.274 e. The summed E-state index contributed by atoms with van der Waals surface area (Å²) in [6.07, 6.45) is 0. The summed E-state index contributed by atoms with van der Waals surface area (Å²) in [6.45, 7) is 3.81. The zero-order chi connectivity index (χ0) is 12.4. The number of hydrogen-bond acceptors (Lipinski definition) is 5. The molecule has 0 aromatic carbocycles. The van der Waals surface area contributed by atoms with Crippen LogP contribution >= 0.6 is 0 Å². The minimum absolute atomic E-state index is 0.197. The van der Waals surface area contributed by atoms with E-state index in [1.54, 1.807) is 19.9 Å². The highest BCUT2D eigenvalue weighted by Crippen LogP contribution is 2.12. The summed E-state index contributed by atoms with van der Waals surface area (Å²) in [5, 5.41) is 12.9. The van der Waals surface area contributed by atoms with Crippen LogP contribution in [0.2, 0.25) is 0 Å². The van der Waals surface area contributed by atoms with Gasteiger partial charge in [0.2, 0.25) is 0 Å². The number of nitrogens with one attached hydrogen (secondary N) is 2. The number of aryl methyl sites for hydroxylation is 2. The van der Waals surface area contributed by atoms with E-state index in [9.17, 15) is 4.79 Å². The molecule has 0 bridgehead atoms. The number of nitrogens with two attached hydrogens (primary N) is 1. The number of aromatic amines is 1. The van der Waals surface area contributed by atoms with Gasteiger partial charge in [0, 0.05) is 6.07 Å². The number of H-pyrrole nitrogens is 1. The van der Waals surface area contributed by atoms with Gasteiger partial charge in [0.05, 0.1) is 17.9 Å². The highest BCUT2D eigenvalue weighted by atomic mass is 16.5. The average Bonchev–Trinajstić information content (AvgIpc) is 2.84. The molecule has 1 amide bonds. The summed E-state index contributed by atoms with van der Waals surface area (Å²) >= 11 is 0. The van der Waals surface area contributed by atoms with Crippen molar-refractivity contribution in [1.82, 2.24) is 20.7 Å². The van der Waals surface area contributed by atoms with Crippen LogP contribution < -0.4 is 11.1 Å². The lowest BCUT2D eigenvalue weighted by Crippen LogP contribution is -2.24. The molecule has 0 saturated carbocycles. The second-order valence-electron chi connectivity index (χ2n) is 3.72. The molecule has 2 aromatic heterocycles. The van der Waals surface area contributed by atoms with Gasteiger partial charge in [-0.05, 0) is 13.8 Å². The predicted molar refractivity (Wildman–Crippen MR) is 60.1 cm³/mol. The van der Waals surface area contributed by atoms with Gasteiger partial charge >= 0.3 is 0 Å². The lowest BCUT2D eigenvalue weighted by Gasteiger charge is -2.00. The molecule has 0 fully saturated rings. The minimum Gasteiger partial charge on any atom is -0.395 e. The van der Waals surface area contributed by atoms with Crippen LogP contribution in [0.25, 0.3) is 0 Å². The molecule has 0 saturated heterocycles. The SMILES string of the molecule is Cc1cc(CNC(=O)c2n[nH]c(C)c2N)no1. The van der Waals surface area contributed by atoms with Crippen LogP contribution in [0.15, 0.2) is 10.6 Å². The molecule has 17 heavy (non-hydrogen) atoms. The lowest BCUT2D eigenvalue weighted by atomic mass is 10.3. The van der Waals surface area contributed by atoms with E-state index in [2.05, 4.69) is 20.7 Å². The summed E-state index contributed by atoms with van der Waals surface area (Å²) in [6, 6.07) is 1.75. The molecular weight excluding hydrogens is 222 g/mol. The molecular formula is C10H13N5O2. The Labute approximate surface area is 97.4 Å². The van der Waals surface area contributed by atoms with Gasteiger partial charge in [0.1, 0.15) is 11.5 Å². The van der Waals surface area contributed by atoms with Crippen molar-refractivity contribution in [2.24, 2.45) is 0 Å². The van der Waals surface area contributed by atoms with Gasteiger partial charge in [0.25, 0.3) is 5.91 Å². The number of amides is 1. The summed E-state index contributed by atoms with van der Waals surface area (Å²) in [4.78, 5) is 11.7. The van der Waals surface area contributed by atoms with Crippen LogP contribution in [0.5, 0.6) is 0 Å². The second-order valence-corrected chi connectivity index (χ2v) is 3.72. The second kappa shape index (κ2) is 4.28. The summed E-state index contributed by atoms with van der Waals surface area (Å²) in [5.74, 6) is 0.358. The van der Waals surface area contributed by atoms with Crippen LogP contribution in [-0.4, -0.2) is 21.3 Å². The first-order chi connectivity index (χ1) is 8.08. The number of anilines is 1. The molecule has 0 aliphatic carbocycles. The third kappa shape index (κ3) is 2.27. The molecule has 0 aliphatic heterocycles. The lowest BCUT2D eigenvalue weighted by molar-refractivity contribution is 0.0946. The smallest absolute Gasteiger partial charge is 0.274 e. The van der Waals surface area contributed by atoms with E-state index < -0.39 is 0 Å². The third-order valence-electron chi connectivity index (χ3n) is 2.32. The van der Waals surface area contributed by atoms with E-state index >= 15 is 0 Å². The van der Waals surface area contributed by atoms with Crippen LogP contribution in [0.4, 0.5) is 5.69 Å². The van der Waals surface area contributed by atoms with E-state index in [-0.39, 0.29) is 18.1 Å². The predicted octanol–water partition coefficient (Wildman–Crippen LogP) is 0.527. The van der Waals surface area contributed by atoms with Crippen molar-refractivity contribution in [3.8, 4) is 0 Å². The highest BCUT2D eigenvalue weighted by Gasteiger charge is 2.15. The fourth-order valence-electron chi connectivity index (χ4n) is 1.37. The Morgan fingerprint density at radius 3 is 2.88 bits per heavy atom. The van der Waals surface area contributed by atoms with Crippen LogP contribution in [-0.2, 0) is 6.54 Å². The summed E-state index contributed by atoms with van der Waals surface area (Å²) in [5.41, 5.74) is 7.57. The van der Waals surface area contributed by atoms with Crippen molar-refractivity contribution in [3.05, 3.63) is 28.9 Å². The number of rotatable bonds is 3. The Morgan fingerprint density at radius 1 is 1.59 bits per heavy atom. The van der Waals surface area contributed by atoms with Gasteiger partial charge in [-0.1, -0.05) is 5.16 Å². The van der Waals surface area contributed by atoms with E-state index in [1.165, 1.54) is 0 Å². The maximum atomic E-state index is 11.7. The molecule has 7 heteroatoms. The number of carbonyl (C=O) groups excluding carboxylic acids is 1. The molecule has 0 spiro atoms. The Kier molecular flexibility index (Phi) is 2.82. The van der Waals surface area contributed by atoms with Crippen molar-refractivity contribution in [2.75, 3.05) is 5.73 Å². The largest absolute Gasteiger partial charge is 0.395 e. The van der Waals surface area contributed by atoms with Gasteiger partial charge in [-0.3, -0.25) is 9.89 Å². The Bertz CT molecular complexity index is 543. The number of nitrogens with zero attached hydrogens (tertiary/aromatic N) is 2. The van der Waals surface area contributed by atoms with Gasteiger partial charge in [-0.25, -0.2) is 0 Å². The molecule has 2 heterocycles. The first-order valence-electron chi connectivity index (χ1n) is 5.08. The zero-order valence-corrected chi connectivity index (χ0v) is 9.57. The normalized spacial score (nSPS) is 10.5. The molecule has 2 rings (SSSR count). The molecule has 0 aliphatic rings. The van der Waals surface area contributed by atoms with E-state index in [4.69, 9.17) is 10.3 Å². The Morgan fingerprint density at radius 2 is 2.35 bits per heavy atom. The standard InChI is InChI=1S/C10H13N5O2/c1-5-3-7(15-17-5)4-12-10(16)9-8(11)6(2)13-14-9/h3H,4,11H2,1-2H3,(H,12,16)(H,13,14). The first-order valence-corrected chi connectivity index (χ1v) is 5.08. The molecule has 0 atom stereocenters. The van der Waals surface area contributed by atoms with Crippen molar-refractivity contribution in [3.63, 3.8) is 0 Å². The van der Waals surface area contributed by atoms with Crippen molar-refractivity contribution in [2.45, 2.75) is 20.4 Å². The first kappa shape index (κ1) is 11.2. The average molecular weight is 235 g/mol. The van der Waals surface area contributed by atoms with Crippen molar-refractivity contribution >= 4 is 11.6 Å². The van der Waals surface area contributed by atoms with Gasteiger partial charge < -0.3 is 15.6 Å². The van der Waals surface area contributed by atoms with Gasteiger partial charge in [-0.2, -0.15) is 5.10 Å². The molecule has 0 radical (unpaired) electrons. The summed E-state index contributed by atoms with van der Waals surface area (Å²) in [7, 11) is 0. The van der Waals surface area contributed by atoms with Crippen LogP contribution in [0.1, 0.15) is 27.6 Å². The minimum atomic E-state index is -0.340. The molecule has 90 valence electrons. The fraction of sp³-hybridized carbons (Fsp3) is 0.300. The monoisotopic (exact) mass is 235 g/mol. The van der Waals surface area contributed by atoms with Crippen LogP contribution in [0, 0.1) is 13.8 Å². The van der Waals surface area contributed by atoms with Gasteiger partial charge in [-0.15, -0.1) is 0 Å². The molecule has 0 unspecified atom stereocenters. The molecule has 2 aromatic rings. The highest BCUT2D eigenvalue weighted by molar-refractivity contribution is 5.97. The number of aromatic nitrogens is 3. The van der Waals surface area contributed by atoms with Crippen molar-refractivity contribution in [1.29, 1.82) is 0 Å². The van der Waals surface area contributed by atoms with E-state index in [0.29, 0.717) is 22.8 Å². The topological polar surface area (TPSA) is 110 Å². The maximum absolute atomic E-state index is 11.7. The molecule has 7 nitrogen and oxygen atoms in total.